The van der Waals surface area contributed by atoms with Crippen LogP contribution in [0.1, 0.15) is 40.0 Å². The molecule has 28 heavy (non-hydrogen) atoms. The van der Waals surface area contributed by atoms with Gasteiger partial charge in [-0.25, -0.2) is 0 Å². The molecule has 6 heteroatoms. The normalized spacial score (nSPS) is 53.0. The van der Waals surface area contributed by atoms with Gasteiger partial charge in [-0.3, -0.25) is 9.59 Å². The van der Waals surface area contributed by atoms with E-state index >= 15 is 0 Å². The lowest BCUT2D eigenvalue weighted by molar-refractivity contribution is -0.441. The first kappa shape index (κ1) is 18.5. The van der Waals surface area contributed by atoms with Crippen LogP contribution in [0.5, 0.6) is 0 Å². The summed E-state index contributed by atoms with van der Waals surface area (Å²) >= 11 is 0. The molecule has 0 aromatic heterocycles. The third-order valence-electron chi connectivity index (χ3n) is 8.64. The summed E-state index contributed by atoms with van der Waals surface area (Å²) in [5.41, 5.74) is -1.70. The second-order valence-electron chi connectivity index (χ2n) is 10.1. The molecule has 2 N–H and O–H groups in total. The maximum atomic E-state index is 13.4. The Balaban J connectivity index is 1.78. The third-order valence-corrected chi connectivity index (χ3v) is 8.64. The maximum absolute atomic E-state index is 13.4. The molecule has 0 radical (unpaired) electrons. The third kappa shape index (κ3) is 1.73. The van der Waals surface area contributed by atoms with E-state index in [4.69, 9.17) is 9.47 Å². The Morgan fingerprint density at radius 3 is 2.75 bits per heavy atom. The van der Waals surface area contributed by atoms with Crippen LogP contribution in [-0.2, 0) is 19.1 Å². The van der Waals surface area contributed by atoms with E-state index in [9.17, 15) is 19.8 Å². The van der Waals surface area contributed by atoms with E-state index in [1.165, 1.54) is 6.92 Å². The Kier molecular flexibility index (Phi) is 3.41. The van der Waals surface area contributed by atoms with E-state index in [0.29, 0.717) is 12.8 Å². The maximum Gasteiger partial charge on any atom is 0.303 e. The molecule has 2 heterocycles. The van der Waals surface area contributed by atoms with Crippen molar-refractivity contribution in [2.24, 2.45) is 34.0 Å². The molecule has 3 unspecified atom stereocenters. The van der Waals surface area contributed by atoms with Crippen LogP contribution in [0.4, 0.5) is 0 Å². The SMILES string of the molecule is C=C1C2CC[C@@H]3[C@]45CO[C@](O)(C(O)[C@H]4C(C)(C)C=CC5=O)[C@@]3(C2)C1OC(C)=O. The van der Waals surface area contributed by atoms with Crippen LogP contribution < -0.4 is 0 Å². The molecule has 6 nitrogen and oxygen atoms in total. The summed E-state index contributed by atoms with van der Waals surface area (Å²) < 4.78 is 11.7. The van der Waals surface area contributed by atoms with Crippen LogP contribution in [-0.4, -0.2) is 46.6 Å². The van der Waals surface area contributed by atoms with E-state index < -0.39 is 46.1 Å². The fraction of sp³-hybridized carbons (Fsp3) is 0.727. The molecule has 5 fully saturated rings. The van der Waals surface area contributed by atoms with Crippen molar-refractivity contribution in [1.82, 2.24) is 0 Å². The summed E-state index contributed by atoms with van der Waals surface area (Å²) in [6, 6.07) is 0. The predicted molar refractivity (Wildman–Crippen MR) is 98.7 cm³/mol. The molecule has 8 atom stereocenters. The number of ether oxygens (including phenoxy) is 2. The number of carbonyl (C=O) groups is 2. The van der Waals surface area contributed by atoms with Gasteiger partial charge in [0.25, 0.3) is 0 Å². The standard InChI is InChI=1S/C22H28O6/c1-11-13-5-6-14-20-10-27-22(26,21(14,9-13)18(11)28-12(2)23)17(25)16(20)19(3,4)8-7-15(20)24/h7-8,13-14,16-18,25-26H,1,5-6,9-10H2,2-4H3/t13?,14-,16+,17?,18?,20+,21-,22-/m1/s1. The molecule has 0 aromatic rings. The highest BCUT2D eigenvalue weighted by Gasteiger charge is 2.84. The second kappa shape index (κ2) is 5.15. The smallest absolute Gasteiger partial charge is 0.303 e. The number of aliphatic hydroxyl groups is 2. The lowest BCUT2D eigenvalue weighted by Crippen LogP contribution is -2.83. The topological polar surface area (TPSA) is 93.1 Å². The van der Waals surface area contributed by atoms with Crippen molar-refractivity contribution in [2.45, 2.75) is 58.0 Å². The molecule has 4 bridgehead atoms. The number of carbonyl (C=O) groups excluding carboxylic acids is 2. The molecule has 2 aliphatic heterocycles. The van der Waals surface area contributed by atoms with E-state index in [1.54, 1.807) is 6.08 Å². The Hall–Kier alpha value is -1.50. The van der Waals surface area contributed by atoms with Crippen LogP contribution >= 0.6 is 0 Å². The number of ketones is 1. The first-order chi connectivity index (χ1) is 13.0. The minimum absolute atomic E-state index is 0.0560. The molecular weight excluding hydrogens is 360 g/mol. The Morgan fingerprint density at radius 2 is 2.07 bits per heavy atom. The summed E-state index contributed by atoms with van der Waals surface area (Å²) in [4.78, 5) is 25.3. The fourth-order valence-corrected chi connectivity index (χ4v) is 7.73. The zero-order valence-corrected chi connectivity index (χ0v) is 16.6. The number of esters is 1. The summed E-state index contributed by atoms with van der Waals surface area (Å²) in [7, 11) is 0. The van der Waals surface area contributed by atoms with Gasteiger partial charge in [-0.05, 0) is 48.2 Å². The Labute approximate surface area is 164 Å². The summed E-state index contributed by atoms with van der Waals surface area (Å²) in [5.74, 6) is -3.03. The summed E-state index contributed by atoms with van der Waals surface area (Å²) in [6.45, 7) is 9.58. The molecule has 152 valence electrons. The number of hydrogen-bond donors (Lipinski definition) is 2. The molecule has 3 saturated carbocycles. The van der Waals surface area contributed by atoms with Crippen molar-refractivity contribution in [3.05, 3.63) is 24.3 Å². The first-order valence-electron chi connectivity index (χ1n) is 10.2. The fourth-order valence-electron chi connectivity index (χ4n) is 7.73. The van der Waals surface area contributed by atoms with E-state index in [2.05, 4.69) is 6.58 Å². The van der Waals surface area contributed by atoms with Crippen LogP contribution in [0.3, 0.4) is 0 Å². The predicted octanol–water partition coefficient (Wildman–Crippen LogP) is 1.75. The summed E-state index contributed by atoms with van der Waals surface area (Å²) in [6.07, 6.45) is 3.49. The lowest BCUT2D eigenvalue weighted by atomic mass is 9.37. The Bertz CT molecular complexity index is 829. The van der Waals surface area contributed by atoms with E-state index in [1.807, 2.05) is 19.9 Å². The van der Waals surface area contributed by atoms with Crippen molar-refractivity contribution in [1.29, 1.82) is 0 Å². The van der Waals surface area contributed by atoms with E-state index in [0.717, 1.165) is 12.0 Å². The second-order valence-corrected chi connectivity index (χ2v) is 10.1. The van der Waals surface area contributed by atoms with Crippen molar-refractivity contribution < 1.29 is 29.3 Å². The van der Waals surface area contributed by atoms with Gasteiger partial charge in [0.1, 0.15) is 12.2 Å². The minimum atomic E-state index is -1.88. The number of allylic oxidation sites excluding steroid dienone is 2. The molecule has 6 rings (SSSR count). The van der Waals surface area contributed by atoms with Crippen LogP contribution in [0, 0.1) is 34.0 Å². The molecule has 0 amide bonds. The zero-order valence-electron chi connectivity index (χ0n) is 16.6. The Morgan fingerprint density at radius 1 is 1.36 bits per heavy atom. The molecule has 6 aliphatic rings. The van der Waals surface area contributed by atoms with Gasteiger partial charge in [-0.1, -0.05) is 26.5 Å². The van der Waals surface area contributed by atoms with Crippen LogP contribution in [0.15, 0.2) is 24.3 Å². The first-order valence-corrected chi connectivity index (χ1v) is 10.2. The van der Waals surface area contributed by atoms with Gasteiger partial charge >= 0.3 is 5.97 Å². The van der Waals surface area contributed by atoms with Gasteiger partial charge in [0.15, 0.2) is 5.78 Å². The highest BCUT2D eigenvalue weighted by molar-refractivity contribution is 5.97. The van der Waals surface area contributed by atoms with Crippen molar-refractivity contribution >= 4 is 11.8 Å². The quantitative estimate of drug-likeness (QED) is 0.525. The molecule has 2 saturated heterocycles. The number of hydrogen-bond acceptors (Lipinski definition) is 6. The van der Waals surface area contributed by atoms with Gasteiger partial charge in [0, 0.05) is 12.8 Å². The van der Waals surface area contributed by atoms with E-state index in [-0.39, 0.29) is 24.2 Å². The van der Waals surface area contributed by atoms with Crippen LogP contribution in [0.25, 0.3) is 0 Å². The van der Waals surface area contributed by atoms with Gasteiger partial charge in [0.05, 0.1) is 17.4 Å². The number of fused-ring (bicyclic) bond motifs is 2. The van der Waals surface area contributed by atoms with Crippen LogP contribution in [0.2, 0.25) is 0 Å². The minimum Gasteiger partial charge on any atom is -0.457 e. The van der Waals surface area contributed by atoms with Gasteiger partial charge < -0.3 is 19.7 Å². The van der Waals surface area contributed by atoms with Crippen molar-refractivity contribution in [3.63, 3.8) is 0 Å². The molecular formula is C22H28O6. The average molecular weight is 388 g/mol. The van der Waals surface area contributed by atoms with Crippen molar-refractivity contribution in [3.8, 4) is 0 Å². The zero-order chi connectivity index (χ0) is 20.3. The number of rotatable bonds is 1. The van der Waals surface area contributed by atoms with Gasteiger partial charge in [-0.15, -0.1) is 0 Å². The lowest BCUT2D eigenvalue weighted by Gasteiger charge is -2.72. The molecule has 2 spiro atoms. The molecule has 0 aromatic carbocycles. The summed E-state index contributed by atoms with van der Waals surface area (Å²) in [5, 5.41) is 23.3. The van der Waals surface area contributed by atoms with Gasteiger partial charge in [-0.2, -0.15) is 0 Å². The van der Waals surface area contributed by atoms with Gasteiger partial charge in [0.2, 0.25) is 5.79 Å². The monoisotopic (exact) mass is 388 g/mol. The van der Waals surface area contributed by atoms with Crippen molar-refractivity contribution in [2.75, 3.05) is 6.61 Å². The molecule has 4 aliphatic carbocycles. The largest absolute Gasteiger partial charge is 0.457 e. The highest BCUT2D eigenvalue weighted by atomic mass is 16.6. The number of aliphatic hydroxyl groups excluding tert-OH is 1. The highest BCUT2D eigenvalue weighted by Crippen LogP contribution is 2.76. The average Bonchev–Trinajstić information content (AvgIpc) is 2.82.